The molecule has 1 amide bonds. The standard InChI is InChI=1S/C15H17Cl2NO3/c1-9(19)18-4-2-10-11(3-5-18)13(7-17)15-14(12(10)6-16)20-8-21-15/h2-8H2,1H3. The van der Waals surface area contributed by atoms with E-state index in [2.05, 4.69) is 0 Å². The van der Waals surface area contributed by atoms with Gasteiger partial charge in [0.15, 0.2) is 11.5 Å². The minimum absolute atomic E-state index is 0.0997. The summed E-state index contributed by atoms with van der Waals surface area (Å²) in [6.07, 6.45) is 1.55. The lowest BCUT2D eigenvalue weighted by atomic mass is 9.92. The molecule has 0 atom stereocenters. The molecule has 114 valence electrons. The SMILES string of the molecule is CC(=O)N1CCc2c(c(CCl)c3c(c2CCl)OCO3)CC1. The lowest BCUT2D eigenvalue weighted by Gasteiger charge is -2.17. The smallest absolute Gasteiger partial charge is 0.231 e. The zero-order valence-electron chi connectivity index (χ0n) is 11.9. The molecule has 0 N–H and O–H groups in total. The maximum absolute atomic E-state index is 11.6. The number of halogens is 2. The van der Waals surface area contributed by atoms with E-state index in [1.54, 1.807) is 6.92 Å². The van der Waals surface area contributed by atoms with Gasteiger partial charge in [0.05, 0.1) is 11.8 Å². The summed E-state index contributed by atoms with van der Waals surface area (Å²) in [5, 5.41) is 0. The number of benzene rings is 1. The van der Waals surface area contributed by atoms with Crippen LogP contribution in [0.4, 0.5) is 0 Å². The van der Waals surface area contributed by atoms with Gasteiger partial charge < -0.3 is 14.4 Å². The molecule has 0 fully saturated rings. The Hall–Kier alpha value is -1.13. The van der Waals surface area contributed by atoms with Crippen LogP contribution in [0.1, 0.15) is 29.2 Å². The lowest BCUT2D eigenvalue weighted by molar-refractivity contribution is -0.128. The monoisotopic (exact) mass is 329 g/mol. The Morgan fingerprint density at radius 2 is 1.52 bits per heavy atom. The van der Waals surface area contributed by atoms with Crippen LogP contribution >= 0.6 is 23.2 Å². The van der Waals surface area contributed by atoms with Gasteiger partial charge in [-0.05, 0) is 24.0 Å². The second kappa shape index (κ2) is 5.93. The van der Waals surface area contributed by atoms with E-state index in [9.17, 15) is 4.79 Å². The second-order valence-corrected chi connectivity index (χ2v) is 5.79. The largest absolute Gasteiger partial charge is 0.453 e. The van der Waals surface area contributed by atoms with E-state index >= 15 is 0 Å². The highest BCUT2D eigenvalue weighted by Gasteiger charge is 2.30. The molecule has 0 saturated carbocycles. The summed E-state index contributed by atoms with van der Waals surface area (Å²) in [4.78, 5) is 13.5. The number of hydrogen-bond acceptors (Lipinski definition) is 3. The molecule has 3 rings (SSSR count). The Morgan fingerprint density at radius 1 is 1.05 bits per heavy atom. The van der Waals surface area contributed by atoms with Crippen molar-refractivity contribution < 1.29 is 14.3 Å². The van der Waals surface area contributed by atoms with Crippen LogP contribution in [-0.4, -0.2) is 30.7 Å². The number of amides is 1. The van der Waals surface area contributed by atoms with Crippen LogP contribution in [-0.2, 0) is 29.4 Å². The van der Waals surface area contributed by atoms with Crippen molar-refractivity contribution in [3.8, 4) is 11.5 Å². The van der Waals surface area contributed by atoms with Crippen LogP contribution < -0.4 is 9.47 Å². The molecule has 6 heteroatoms. The van der Waals surface area contributed by atoms with Crippen molar-refractivity contribution in [1.29, 1.82) is 0 Å². The van der Waals surface area contributed by atoms with Gasteiger partial charge in [-0.25, -0.2) is 0 Å². The molecule has 21 heavy (non-hydrogen) atoms. The summed E-state index contributed by atoms with van der Waals surface area (Å²) in [7, 11) is 0. The third-order valence-corrected chi connectivity index (χ3v) is 4.76. The van der Waals surface area contributed by atoms with Gasteiger partial charge in [-0.2, -0.15) is 0 Å². The molecule has 0 bridgehead atoms. The first-order valence-corrected chi connectivity index (χ1v) is 8.06. The summed E-state index contributed by atoms with van der Waals surface area (Å²) in [6.45, 7) is 3.22. The van der Waals surface area contributed by atoms with Crippen molar-refractivity contribution in [3.05, 3.63) is 22.3 Å². The Balaban J connectivity index is 2.12. The predicted molar refractivity (Wildman–Crippen MR) is 81.3 cm³/mol. The summed E-state index contributed by atoms with van der Waals surface area (Å²) < 4.78 is 11.2. The number of nitrogens with zero attached hydrogens (tertiary/aromatic N) is 1. The molecule has 2 heterocycles. The van der Waals surface area contributed by atoms with Crippen LogP contribution in [0, 0.1) is 0 Å². The zero-order valence-corrected chi connectivity index (χ0v) is 13.4. The predicted octanol–water partition coefficient (Wildman–Crippen LogP) is 2.84. The molecule has 0 radical (unpaired) electrons. The zero-order chi connectivity index (χ0) is 15.0. The molecule has 4 nitrogen and oxygen atoms in total. The number of ether oxygens (including phenoxy) is 2. The highest BCUT2D eigenvalue weighted by atomic mass is 35.5. The van der Waals surface area contributed by atoms with E-state index in [1.165, 1.54) is 11.1 Å². The van der Waals surface area contributed by atoms with E-state index < -0.39 is 0 Å². The molecular formula is C15H17Cl2NO3. The summed E-state index contributed by atoms with van der Waals surface area (Å²) in [6, 6.07) is 0. The number of carbonyl (C=O) groups is 1. The molecule has 1 aromatic carbocycles. The van der Waals surface area contributed by atoms with E-state index in [1.807, 2.05) is 4.90 Å². The van der Waals surface area contributed by atoms with Gasteiger partial charge in [-0.15, -0.1) is 23.2 Å². The molecule has 0 unspecified atom stereocenters. The Bertz CT molecular complexity index is 546. The number of rotatable bonds is 2. The minimum atomic E-state index is 0.0997. The average molecular weight is 330 g/mol. The molecule has 1 aromatic rings. The number of alkyl halides is 2. The number of fused-ring (bicyclic) bond motifs is 2. The lowest BCUT2D eigenvalue weighted by Crippen LogP contribution is -2.31. The van der Waals surface area contributed by atoms with Crippen LogP contribution in [0.25, 0.3) is 0 Å². The van der Waals surface area contributed by atoms with Gasteiger partial charge >= 0.3 is 0 Å². The Morgan fingerprint density at radius 3 is 1.90 bits per heavy atom. The third-order valence-electron chi connectivity index (χ3n) is 4.23. The summed E-state index contributed by atoms with van der Waals surface area (Å²) in [5.74, 6) is 2.31. The second-order valence-electron chi connectivity index (χ2n) is 5.25. The van der Waals surface area contributed by atoms with Gasteiger partial charge in [0, 0.05) is 31.1 Å². The fourth-order valence-electron chi connectivity index (χ4n) is 3.17. The van der Waals surface area contributed by atoms with E-state index in [-0.39, 0.29) is 12.7 Å². The van der Waals surface area contributed by atoms with Crippen molar-refractivity contribution in [2.24, 2.45) is 0 Å². The number of hydrogen-bond donors (Lipinski definition) is 0. The molecule has 2 aliphatic heterocycles. The van der Waals surface area contributed by atoms with Gasteiger partial charge in [0.25, 0.3) is 0 Å². The number of carbonyl (C=O) groups excluding carboxylic acids is 1. The maximum atomic E-state index is 11.6. The molecule has 0 saturated heterocycles. The van der Waals surface area contributed by atoms with Crippen molar-refractivity contribution in [3.63, 3.8) is 0 Å². The van der Waals surface area contributed by atoms with Gasteiger partial charge in [-0.1, -0.05) is 0 Å². The van der Waals surface area contributed by atoms with E-state index in [0.717, 1.165) is 35.5 Å². The maximum Gasteiger partial charge on any atom is 0.231 e. The van der Waals surface area contributed by atoms with E-state index in [4.69, 9.17) is 32.7 Å². The van der Waals surface area contributed by atoms with Crippen LogP contribution in [0.3, 0.4) is 0 Å². The van der Waals surface area contributed by atoms with Crippen LogP contribution in [0.5, 0.6) is 11.5 Å². The Labute approximate surface area is 133 Å². The highest BCUT2D eigenvalue weighted by molar-refractivity contribution is 6.18. The first-order chi connectivity index (χ1) is 10.2. The molecule has 0 spiro atoms. The minimum Gasteiger partial charge on any atom is -0.453 e. The van der Waals surface area contributed by atoms with Gasteiger partial charge in [0.1, 0.15) is 0 Å². The van der Waals surface area contributed by atoms with Crippen LogP contribution in [0.15, 0.2) is 0 Å². The normalized spacial score (nSPS) is 16.6. The van der Waals surface area contributed by atoms with Crippen molar-refractivity contribution in [2.75, 3.05) is 19.9 Å². The average Bonchev–Trinajstić information content (AvgIpc) is 2.83. The topological polar surface area (TPSA) is 38.8 Å². The fraction of sp³-hybridized carbons (Fsp3) is 0.533. The van der Waals surface area contributed by atoms with Gasteiger partial charge in [-0.3, -0.25) is 4.79 Å². The first-order valence-electron chi connectivity index (χ1n) is 6.99. The molecular weight excluding hydrogens is 313 g/mol. The van der Waals surface area contributed by atoms with Gasteiger partial charge in [0.2, 0.25) is 12.7 Å². The molecule has 2 aliphatic rings. The van der Waals surface area contributed by atoms with Crippen molar-refractivity contribution in [1.82, 2.24) is 4.90 Å². The first kappa shape index (κ1) is 14.8. The third kappa shape index (κ3) is 2.44. The van der Waals surface area contributed by atoms with Crippen LogP contribution in [0.2, 0.25) is 0 Å². The molecule has 0 aromatic heterocycles. The summed E-state index contributed by atoms with van der Waals surface area (Å²) in [5.41, 5.74) is 4.32. The highest BCUT2D eigenvalue weighted by Crippen LogP contribution is 2.45. The quantitative estimate of drug-likeness (QED) is 0.783. The van der Waals surface area contributed by atoms with E-state index in [0.29, 0.717) is 24.8 Å². The van der Waals surface area contributed by atoms with Crippen molar-refractivity contribution in [2.45, 2.75) is 31.5 Å². The van der Waals surface area contributed by atoms with Crippen molar-refractivity contribution >= 4 is 29.1 Å². The molecule has 0 aliphatic carbocycles. The summed E-state index contributed by atoms with van der Waals surface area (Å²) >= 11 is 12.3. The fourth-order valence-corrected chi connectivity index (χ4v) is 3.74. The Kier molecular flexibility index (Phi) is 4.18.